The van der Waals surface area contributed by atoms with Gasteiger partial charge >= 0.3 is 0 Å². The van der Waals surface area contributed by atoms with E-state index in [2.05, 4.69) is 0 Å². The monoisotopic (exact) mass is 251 g/mol. The lowest BCUT2D eigenvalue weighted by molar-refractivity contribution is 0.0861. The van der Waals surface area contributed by atoms with Crippen LogP contribution in [0.4, 0.5) is 0 Å². The molecule has 0 radical (unpaired) electrons. The van der Waals surface area contributed by atoms with Gasteiger partial charge < -0.3 is 9.84 Å². The molecule has 0 fully saturated rings. The molecule has 1 unspecified atom stereocenters. The largest absolute Gasteiger partial charge is 0.497 e. The molecule has 1 aromatic rings. The minimum Gasteiger partial charge on any atom is -0.497 e. The number of Topliss-reactive ketones (excluding diaryl/α,β-unsaturated/α-hetero) is 1. The maximum atomic E-state index is 12.2. The van der Waals surface area contributed by atoms with Gasteiger partial charge in [0.15, 0.2) is 5.78 Å². The Labute approximate surface area is 108 Å². The molecule has 18 heavy (non-hydrogen) atoms. The van der Waals surface area contributed by atoms with E-state index in [0.29, 0.717) is 18.5 Å². The predicted molar refractivity (Wildman–Crippen MR) is 71.1 cm³/mol. The van der Waals surface area contributed by atoms with Crippen LogP contribution in [0.2, 0.25) is 0 Å². The third kappa shape index (κ3) is 3.82. The molecule has 0 aliphatic heterocycles. The summed E-state index contributed by atoms with van der Waals surface area (Å²) in [4.78, 5) is 14.2. The molecule has 1 atom stereocenters. The molecular formula is C14H21NO3. The van der Waals surface area contributed by atoms with Gasteiger partial charge in [-0.1, -0.05) is 0 Å². The van der Waals surface area contributed by atoms with Crippen molar-refractivity contribution in [3.63, 3.8) is 0 Å². The first-order chi connectivity index (χ1) is 8.60. The van der Waals surface area contributed by atoms with Crippen LogP contribution in [-0.4, -0.2) is 49.1 Å². The zero-order chi connectivity index (χ0) is 13.5. The first-order valence-corrected chi connectivity index (χ1v) is 6.09. The number of aliphatic hydroxyl groups is 1. The lowest BCUT2D eigenvalue weighted by atomic mass is 10.0. The Kier molecular flexibility index (Phi) is 5.82. The molecule has 100 valence electrons. The number of rotatable bonds is 7. The second-order valence-electron chi connectivity index (χ2n) is 4.33. The summed E-state index contributed by atoms with van der Waals surface area (Å²) in [6, 6.07) is 6.93. The fraction of sp³-hybridized carbons (Fsp3) is 0.500. The number of benzene rings is 1. The number of carbonyl (C=O) groups is 1. The average Bonchev–Trinajstić information content (AvgIpc) is 2.43. The highest BCUT2D eigenvalue weighted by molar-refractivity contribution is 5.99. The van der Waals surface area contributed by atoms with E-state index in [1.807, 2.05) is 18.9 Å². The molecule has 0 aliphatic carbocycles. The van der Waals surface area contributed by atoms with Crippen LogP contribution in [0.25, 0.3) is 0 Å². The molecule has 0 saturated heterocycles. The summed E-state index contributed by atoms with van der Waals surface area (Å²) in [5, 5.41) is 8.78. The van der Waals surface area contributed by atoms with E-state index >= 15 is 0 Å². The van der Waals surface area contributed by atoms with Crippen LogP contribution in [0, 0.1) is 0 Å². The Balaban J connectivity index is 2.67. The summed E-state index contributed by atoms with van der Waals surface area (Å²) >= 11 is 0. The topological polar surface area (TPSA) is 49.8 Å². The zero-order valence-electron chi connectivity index (χ0n) is 11.2. The highest BCUT2D eigenvalue weighted by Gasteiger charge is 2.19. The lowest BCUT2D eigenvalue weighted by Gasteiger charge is -2.23. The van der Waals surface area contributed by atoms with E-state index in [9.17, 15) is 4.79 Å². The highest BCUT2D eigenvalue weighted by atomic mass is 16.5. The van der Waals surface area contributed by atoms with Gasteiger partial charge in [-0.25, -0.2) is 0 Å². The number of hydrogen-bond acceptors (Lipinski definition) is 4. The number of hydrogen-bond donors (Lipinski definition) is 1. The third-order valence-corrected chi connectivity index (χ3v) is 3.08. The van der Waals surface area contributed by atoms with E-state index in [0.717, 1.165) is 5.75 Å². The smallest absolute Gasteiger partial charge is 0.179 e. The van der Waals surface area contributed by atoms with Gasteiger partial charge in [-0.05, 0) is 44.7 Å². The SMILES string of the molecule is COc1ccc(C(=O)C(C)N(C)CCCO)cc1. The Bertz CT molecular complexity index is 375. The number of likely N-dealkylation sites (N-methyl/N-ethyl adjacent to an activating group) is 1. The Morgan fingerprint density at radius 3 is 2.50 bits per heavy atom. The van der Waals surface area contributed by atoms with Crippen LogP contribution >= 0.6 is 0 Å². The molecule has 1 rings (SSSR count). The van der Waals surface area contributed by atoms with E-state index < -0.39 is 0 Å². The number of nitrogens with zero attached hydrogens (tertiary/aromatic N) is 1. The molecule has 0 aromatic heterocycles. The zero-order valence-corrected chi connectivity index (χ0v) is 11.2. The van der Waals surface area contributed by atoms with Crippen molar-refractivity contribution in [3.8, 4) is 5.75 Å². The molecule has 0 amide bonds. The number of ketones is 1. The van der Waals surface area contributed by atoms with Gasteiger partial charge in [-0.15, -0.1) is 0 Å². The van der Waals surface area contributed by atoms with Crippen LogP contribution in [0.5, 0.6) is 5.75 Å². The summed E-state index contributed by atoms with van der Waals surface area (Å²) in [5.41, 5.74) is 0.680. The molecule has 0 bridgehead atoms. The minimum absolute atomic E-state index is 0.0816. The molecule has 0 saturated carbocycles. The van der Waals surface area contributed by atoms with Gasteiger partial charge in [0.05, 0.1) is 13.2 Å². The van der Waals surface area contributed by atoms with Gasteiger partial charge in [-0.3, -0.25) is 9.69 Å². The fourth-order valence-corrected chi connectivity index (χ4v) is 1.71. The summed E-state index contributed by atoms with van der Waals surface area (Å²) < 4.78 is 5.06. The second kappa shape index (κ2) is 7.13. The Morgan fingerprint density at radius 2 is 2.00 bits per heavy atom. The van der Waals surface area contributed by atoms with Crippen molar-refractivity contribution < 1.29 is 14.6 Å². The summed E-state index contributed by atoms with van der Waals surface area (Å²) in [6.45, 7) is 2.73. The van der Waals surface area contributed by atoms with Crippen molar-refractivity contribution in [2.24, 2.45) is 0 Å². The van der Waals surface area contributed by atoms with Crippen LogP contribution in [0.3, 0.4) is 0 Å². The predicted octanol–water partition coefficient (Wildman–Crippen LogP) is 1.58. The molecule has 4 heteroatoms. The van der Waals surface area contributed by atoms with Gasteiger partial charge in [0.1, 0.15) is 5.75 Å². The van der Waals surface area contributed by atoms with Crippen LogP contribution in [-0.2, 0) is 0 Å². The first-order valence-electron chi connectivity index (χ1n) is 6.09. The Morgan fingerprint density at radius 1 is 1.39 bits per heavy atom. The number of carbonyl (C=O) groups excluding carboxylic acids is 1. The number of ether oxygens (including phenoxy) is 1. The maximum Gasteiger partial charge on any atom is 0.179 e. The highest BCUT2D eigenvalue weighted by Crippen LogP contribution is 2.14. The number of aliphatic hydroxyl groups excluding tert-OH is 1. The van der Waals surface area contributed by atoms with Crippen molar-refractivity contribution in [3.05, 3.63) is 29.8 Å². The second-order valence-corrected chi connectivity index (χ2v) is 4.33. The minimum atomic E-state index is -0.190. The van der Waals surface area contributed by atoms with Crippen molar-refractivity contribution in [1.82, 2.24) is 4.90 Å². The summed E-state index contributed by atoms with van der Waals surface area (Å²) in [6.07, 6.45) is 0.677. The van der Waals surface area contributed by atoms with Crippen molar-refractivity contribution >= 4 is 5.78 Å². The van der Waals surface area contributed by atoms with Crippen LogP contribution < -0.4 is 4.74 Å². The van der Waals surface area contributed by atoms with E-state index in [-0.39, 0.29) is 18.4 Å². The molecule has 0 heterocycles. The fourth-order valence-electron chi connectivity index (χ4n) is 1.71. The molecular weight excluding hydrogens is 230 g/mol. The molecule has 0 spiro atoms. The molecule has 1 aromatic carbocycles. The maximum absolute atomic E-state index is 12.2. The standard InChI is InChI=1S/C14H21NO3/c1-11(15(2)9-4-10-16)14(17)12-5-7-13(18-3)8-6-12/h5-8,11,16H,4,9-10H2,1-3H3. The quantitative estimate of drug-likeness (QED) is 0.748. The van der Waals surface area contributed by atoms with E-state index in [1.165, 1.54) is 0 Å². The van der Waals surface area contributed by atoms with Gasteiger partial charge in [0, 0.05) is 18.7 Å². The Hall–Kier alpha value is -1.39. The first kappa shape index (κ1) is 14.7. The third-order valence-electron chi connectivity index (χ3n) is 3.08. The molecule has 1 N–H and O–H groups in total. The van der Waals surface area contributed by atoms with Crippen molar-refractivity contribution in [2.75, 3.05) is 27.3 Å². The molecule has 4 nitrogen and oxygen atoms in total. The average molecular weight is 251 g/mol. The normalized spacial score (nSPS) is 12.5. The van der Waals surface area contributed by atoms with E-state index in [1.54, 1.807) is 31.4 Å². The van der Waals surface area contributed by atoms with E-state index in [4.69, 9.17) is 9.84 Å². The van der Waals surface area contributed by atoms with Gasteiger partial charge in [-0.2, -0.15) is 0 Å². The van der Waals surface area contributed by atoms with Crippen LogP contribution in [0.1, 0.15) is 23.7 Å². The summed E-state index contributed by atoms with van der Waals surface area (Å²) in [5.74, 6) is 0.825. The number of methoxy groups -OCH3 is 1. The lowest BCUT2D eigenvalue weighted by Crippen LogP contribution is -2.36. The van der Waals surface area contributed by atoms with Gasteiger partial charge in [0.2, 0.25) is 0 Å². The molecule has 0 aliphatic rings. The summed E-state index contributed by atoms with van der Waals surface area (Å²) in [7, 11) is 3.49. The van der Waals surface area contributed by atoms with Crippen molar-refractivity contribution in [2.45, 2.75) is 19.4 Å². The van der Waals surface area contributed by atoms with Crippen molar-refractivity contribution in [1.29, 1.82) is 0 Å². The van der Waals surface area contributed by atoms with Crippen LogP contribution in [0.15, 0.2) is 24.3 Å². The van der Waals surface area contributed by atoms with Gasteiger partial charge in [0.25, 0.3) is 0 Å².